The number of amides is 1. The first-order valence-electron chi connectivity index (χ1n) is 6.52. The third-order valence-corrected chi connectivity index (χ3v) is 3.59. The molecule has 1 aliphatic rings. The van der Waals surface area contributed by atoms with Gasteiger partial charge in [-0.25, -0.2) is 0 Å². The van der Waals surface area contributed by atoms with Crippen LogP contribution in [0.5, 0.6) is 0 Å². The van der Waals surface area contributed by atoms with E-state index in [2.05, 4.69) is 4.90 Å². The summed E-state index contributed by atoms with van der Waals surface area (Å²) >= 11 is 0. The molecule has 1 saturated heterocycles. The van der Waals surface area contributed by atoms with Crippen LogP contribution in [0.4, 0.5) is 5.69 Å². The Morgan fingerprint density at radius 2 is 2.05 bits per heavy atom. The van der Waals surface area contributed by atoms with Gasteiger partial charge in [-0.05, 0) is 32.0 Å². The molecule has 20 heavy (non-hydrogen) atoms. The van der Waals surface area contributed by atoms with Crippen molar-refractivity contribution in [2.75, 3.05) is 13.1 Å². The zero-order valence-corrected chi connectivity index (χ0v) is 11.1. The molecule has 0 unspecified atom stereocenters. The molecule has 0 atom stereocenters. The smallest absolute Gasteiger partial charge is 0.274 e. The molecule has 7 nitrogen and oxygen atoms in total. The predicted octanol–water partition coefficient (Wildman–Crippen LogP) is 0.617. The maximum Gasteiger partial charge on any atom is 0.274 e. The second-order valence-corrected chi connectivity index (χ2v) is 5.08. The van der Waals surface area contributed by atoms with Gasteiger partial charge in [0.25, 0.3) is 5.69 Å². The zero-order chi connectivity index (χ0) is 14.7. The molecule has 1 aliphatic heterocycles. The van der Waals surface area contributed by atoms with Crippen LogP contribution in [-0.4, -0.2) is 34.9 Å². The maximum absolute atomic E-state index is 11.1. The first kappa shape index (κ1) is 14.4. The van der Waals surface area contributed by atoms with E-state index in [1.165, 1.54) is 12.1 Å². The van der Waals surface area contributed by atoms with Crippen LogP contribution in [0.1, 0.15) is 28.8 Å². The normalized spacial score (nSPS) is 17.1. The van der Waals surface area contributed by atoms with Crippen LogP contribution >= 0.6 is 0 Å². The molecule has 0 aromatic heterocycles. The number of piperidine rings is 1. The first-order valence-corrected chi connectivity index (χ1v) is 6.52. The molecule has 1 aromatic rings. The molecule has 1 aromatic carbocycles. The number of benzene rings is 1. The van der Waals surface area contributed by atoms with Crippen LogP contribution in [0.3, 0.4) is 0 Å². The molecule has 1 heterocycles. The Morgan fingerprint density at radius 3 is 2.60 bits per heavy atom. The number of hydrogen-bond donors (Lipinski definition) is 2. The van der Waals surface area contributed by atoms with Gasteiger partial charge in [-0.2, -0.15) is 0 Å². The summed E-state index contributed by atoms with van der Waals surface area (Å²) in [5.74, 6) is -0.663. The second-order valence-electron chi connectivity index (χ2n) is 5.08. The van der Waals surface area contributed by atoms with Crippen LogP contribution < -0.4 is 11.5 Å². The average molecular weight is 278 g/mol. The van der Waals surface area contributed by atoms with Crippen molar-refractivity contribution in [1.82, 2.24) is 4.90 Å². The number of nitrogens with zero attached hydrogens (tertiary/aromatic N) is 2. The molecule has 0 spiro atoms. The largest absolute Gasteiger partial charge is 0.366 e. The summed E-state index contributed by atoms with van der Waals surface area (Å²) < 4.78 is 0. The van der Waals surface area contributed by atoms with Crippen molar-refractivity contribution in [3.8, 4) is 0 Å². The van der Waals surface area contributed by atoms with Gasteiger partial charge in [-0.1, -0.05) is 6.07 Å². The first-order chi connectivity index (χ1) is 9.47. The van der Waals surface area contributed by atoms with E-state index in [4.69, 9.17) is 11.5 Å². The Hall–Kier alpha value is -1.99. The fourth-order valence-electron chi connectivity index (χ4n) is 2.37. The Kier molecular flexibility index (Phi) is 4.31. The quantitative estimate of drug-likeness (QED) is 0.618. The molecule has 0 bridgehead atoms. The maximum atomic E-state index is 11.1. The fourth-order valence-corrected chi connectivity index (χ4v) is 2.37. The van der Waals surface area contributed by atoms with E-state index in [-0.39, 0.29) is 17.3 Å². The molecule has 0 aliphatic carbocycles. The monoisotopic (exact) mass is 278 g/mol. The second kappa shape index (κ2) is 5.98. The SMILES string of the molecule is NC(=O)c1ccc(CN2CCC(N)CC2)c([N+](=O)[O-])c1. The molecule has 4 N–H and O–H groups in total. The summed E-state index contributed by atoms with van der Waals surface area (Å²) in [6.45, 7) is 2.15. The third kappa shape index (κ3) is 3.31. The van der Waals surface area contributed by atoms with Crippen molar-refractivity contribution in [1.29, 1.82) is 0 Å². The van der Waals surface area contributed by atoms with Gasteiger partial charge in [-0.3, -0.25) is 19.8 Å². The van der Waals surface area contributed by atoms with Gasteiger partial charge in [0.1, 0.15) is 0 Å². The summed E-state index contributed by atoms with van der Waals surface area (Å²) in [6, 6.07) is 4.60. The lowest BCUT2D eigenvalue weighted by atomic mass is 10.0. The molecule has 2 rings (SSSR count). The standard InChI is InChI=1S/C13H18N4O3/c14-11-3-5-16(6-4-11)8-10-2-1-9(13(15)18)7-12(10)17(19)20/h1-2,7,11H,3-6,8,14H2,(H2,15,18). The lowest BCUT2D eigenvalue weighted by Crippen LogP contribution is -2.39. The van der Waals surface area contributed by atoms with Crippen LogP contribution in [0.15, 0.2) is 18.2 Å². The highest BCUT2D eigenvalue weighted by Crippen LogP contribution is 2.23. The molecule has 1 fully saturated rings. The van der Waals surface area contributed by atoms with Gasteiger partial charge < -0.3 is 11.5 Å². The Labute approximate surface area is 116 Å². The summed E-state index contributed by atoms with van der Waals surface area (Å²) in [4.78, 5) is 23.9. The van der Waals surface area contributed by atoms with Crippen molar-refractivity contribution < 1.29 is 9.72 Å². The highest BCUT2D eigenvalue weighted by molar-refractivity contribution is 5.93. The Bertz CT molecular complexity index is 524. The number of primary amides is 1. The Morgan fingerprint density at radius 1 is 1.40 bits per heavy atom. The van der Waals surface area contributed by atoms with Crippen LogP contribution in [0.25, 0.3) is 0 Å². The van der Waals surface area contributed by atoms with Crippen molar-refractivity contribution in [3.63, 3.8) is 0 Å². The minimum atomic E-state index is -0.663. The molecule has 1 amide bonds. The van der Waals surface area contributed by atoms with Gasteiger partial charge >= 0.3 is 0 Å². The molecular formula is C13H18N4O3. The summed E-state index contributed by atoms with van der Waals surface area (Å²) in [6.07, 6.45) is 1.79. The number of rotatable bonds is 4. The average Bonchev–Trinajstić information content (AvgIpc) is 2.41. The van der Waals surface area contributed by atoms with Gasteiger partial charge in [0.05, 0.1) is 4.92 Å². The number of carbonyl (C=O) groups excluding carboxylic acids is 1. The van der Waals surface area contributed by atoms with Crippen LogP contribution in [-0.2, 0) is 6.54 Å². The molecule has 108 valence electrons. The van der Waals surface area contributed by atoms with Crippen molar-refractivity contribution in [2.24, 2.45) is 11.5 Å². The summed E-state index contributed by atoms with van der Waals surface area (Å²) in [5, 5.41) is 11.1. The van der Waals surface area contributed by atoms with Crippen molar-refractivity contribution >= 4 is 11.6 Å². The van der Waals surface area contributed by atoms with Gasteiger partial charge in [0.2, 0.25) is 5.91 Å². The highest BCUT2D eigenvalue weighted by Gasteiger charge is 2.21. The third-order valence-electron chi connectivity index (χ3n) is 3.59. The summed E-state index contributed by atoms with van der Waals surface area (Å²) in [7, 11) is 0. The van der Waals surface area contributed by atoms with E-state index in [9.17, 15) is 14.9 Å². The van der Waals surface area contributed by atoms with Gasteiger partial charge in [0.15, 0.2) is 0 Å². The lowest BCUT2D eigenvalue weighted by molar-refractivity contribution is -0.385. The van der Waals surface area contributed by atoms with E-state index < -0.39 is 10.8 Å². The molecule has 7 heteroatoms. The molecular weight excluding hydrogens is 260 g/mol. The van der Waals surface area contributed by atoms with Crippen LogP contribution in [0, 0.1) is 10.1 Å². The van der Waals surface area contributed by atoms with E-state index in [1.54, 1.807) is 6.07 Å². The topological polar surface area (TPSA) is 115 Å². The number of nitro groups is 1. The molecule has 0 saturated carbocycles. The minimum Gasteiger partial charge on any atom is -0.366 e. The number of likely N-dealkylation sites (tertiary alicyclic amines) is 1. The number of nitrogens with two attached hydrogens (primary N) is 2. The number of carbonyl (C=O) groups is 1. The summed E-state index contributed by atoms with van der Waals surface area (Å²) in [5.41, 5.74) is 11.7. The van der Waals surface area contributed by atoms with E-state index >= 15 is 0 Å². The van der Waals surface area contributed by atoms with Crippen molar-refractivity contribution in [2.45, 2.75) is 25.4 Å². The fraction of sp³-hybridized carbons (Fsp3) is 0.462. The minimum absolute atomic E-state index is 0.0591. The number of hydrogen-bond acceptors (Lipinski definition) is 5. The number of nitro benzene ring substituents is 1. The predicted molar refractivity (Wildman–Crippen MR) is 74.1 cm³/mol. The van der Waals surface area contributed by atoms with E-state index in [0.29, 0.717) is 12.1 Å². The zero-order valence-electron chi connectivity index (χ0n) is 11.1. The van der Waals surface area contributed by atoms with Gasteiger partial charge in [-0.15, -0.1) is 0 Å². The van der Waals surface area contributed by atoms with Gasteiger partial charge in [0, 0.05) is 29.8 Å². The lowest BCUT2D eigenvalue weighted by Gasteiger charge is -2.29. The van der Waals surface area contributed by atoms with Crippen molar-refractivity contribution in [3.05, 3.63) is 39.4 Å². The van der Waals surface area contributed by atoms with Crippen LogP contribution in [0.2, 0.25) is 0 Å². The van der Waals surface area contributed by atoms with E-state index in [1.807, 2.05) is 0 Å². The highest BCUT2D eigenvalue weighted by atomic mass is 16.6. The van der Waals surface area contributed by atoms with E-state index in [0.717, 1.165) is 25.9 Å². The Balaban J connectivity index is 2.18. The molecule has 0 radical (unpaired) electrons.